The predicted octanol–water partition coefficient (Wildman–Crippen LogP) is 3.83. The van der Waals surface area contributed by atoms with Crippen LogP contribution in [0.25, 0.3) is 16.9 Å². The van der Waals surface area contributed by atoms with Crippen molar-refractivity contribution in [2.45, 2.75) is 50.9 Å². The molecule has 0 radical (unpaired) electrons. The summed E-state index contributed by atoms with van der Waals surface area (Å²) in [6.07, 6.45) is 6.56. The quantitative estimate of drug-likeness (QED) is 0.750. The number of hydrogen-bond donors (Lipinski definition) is 2. The van der Waals surface area contributed by atoms with Gasteiger partial charge >= 0.3 is 0 Å². The summed E-state index contributed by atoms with van der Waals surface area (Å²) in [4.78, 5) is 17.1. The summed E-state index contributed by atoms with van der Waals surface area (Å²) in [5.74, 6) is 0.611. The summed E-state index contributed by atoms with van der Waals surface area (Å²) < 4.78 is 1.43. The van der Waals surface area contributed by atoms with Crippen molar-refractivity contribution < 1.29 is 5.11 Å². The number of rotatable bonds is 4. The first kappa shape index (κ1) is 17.0. The fourth-order valence-corrected chi connectivity index (χ4v) is 3.87. The second kappa shape index (κ2) is 7.08. The molecule has 0 bridgehead atoms. The molecule has 1 saturated carbocycles. The number of benzene rings is 1. The topological polar surface area (TPSA) is 70.4 Å². The molecule has 1 aliphatic carbocycles. The first-order valence-corrected chi connectivity index (χ1v) is 9.49. The largest absolute Gasteiger partial charge is 0.396 e. The van der Waals surface area contributed by atoms with Gasteiger partial charge in [-0.05, 0) is 24.3 Å². The molecule has 0 amide bonds. The number of fused-ring (bicyclic) bond motifs is 1. The Morgan fingerprint density at radius 1 is 1.19 bits per heavy atom. The van der Waals surface area contributed by atoms with Gasteiger partial charge in [-0.25, -0.2) is 9.50 Å². The van der Waals surface area contributed by atoms with Gasteiger partial charge in [0.25, 0.3) is 5.56 Å². The molecule has 1 unspecified atom stereocenters. The van der Waals surface area contributed by atoms with Crippen molar-refractivity contribution >= 4 is 5.65 Å². The summed E-state index contributed by atoms with van der Waals surface area (Å²) in [5, 5.41) is 12.3. The van der Waals surface area contributed by atoms with Crippen LogP contribution in [0, 0.1) is 0 Å². The molecule has 5 heteroatoms. The van der Waals surface area contributed by atoms with E-state index >= 15 is 0 Å². The zero-order chi connectivity index (χ0) is 18.1. The van der Waals surface area contributed by atoms with E-state index in [1.807, 2.05) is 13.0 Å². The Morgan fingerprint density at radius 3 is 2.62 bits per heavy atom. The average Bonchev–Trinajstić information content (AvgIpc) is 3.13. The zero-order valence-electron chi connectivity index (χ0n) is 15.1. The van der Waals surface area contributed by atoms with Gasteiger partial charge in [-0.15, -0.1) is 0 Å². The van der Waals surface area contributed by atoms with E-state index in [0.717, 1.165) is 11.3 Å². The Balaban J connectivity index is 1.66. The Morgan fingerprint density at radius 2 is 1.92 bits per heavy atom. The molecule has 1 aromatic carbocycles. The molecule has 136 valence electrons. The van der Waals surface area contributed by atoms with Gasteiger partial charge in [-0.2, -0.15) is 0 Å². The van der Waals surface area contributed by atoms with Crippen LogP contribution in [0.5, 0.6) is 0 Å². The number of aliphatic hydroxyl groups excluding tert-OH is 1. The number of hydrogen-bond acceptors (Lipinski definition) is 3. The lowest BCUT2D eigenvalue weighted by Gasteiger charge is -2.22. The molecule has 0 saturated heterocycles. The summed E-state index contributed by atoms with van der Waals surface area (Å²) in [7, 11) is 0. The zero-order valence-corrected chi connectivity index (χ0v) is 15.1. The predicted molar refractivity (Wildman–Crippen MR) is 103 cm³/mol. The van der Waals surface area contributed by atoms with Crippen LogP contribution in [-0.4, -0.2) is 26.3 Å². The molecule has 2 N–H and O–H groups in total. The van der Waals surface area contributed by atoms with Crippen LogP contribution >= 0.6 is 0 Å². The number of aliphatic hydroxyl groups is 1. The maximum absolute atomic E-state index is 12.4. The fraction of sp³-hybridized carbons (Fsp3) is 0.429. The lowest BCUT2D eigenvalue weighted by atomic mass is 9.84. The number of aromatic nitrogens is 3. The highest BCUT2D eigenvalue weighted by atomic mass is 16.3. The smallest absolute Gasteiger partial charge is 0.273 e. The summed E-state index contributed by atoms with van der Waals surface area (Å²) >= 11 is 0. The minimum absolute atomic E-state index is 0.0249. The number of aromatic amines is 1. The van der Waals surface area contributed by atoms with Crippen molar-refractivity contribution in [1.29, 1.82) is 0 Å². The molecule has 5 nitrogen and oxygen atoms in total. The molecular formula is C21H25N3O2. The van der Waals surface area contributed by atoms with Gasteiger partial charge in [-0.1, -0.05) is 50.5 Å². The molecule has 1 atom stereocenters. The third kappa shape index (κ3) is 3.19. The maximum Gasteiger partial charge on any atom is 0.273 e. The normalized spacial score (nSPS) is 16.8. The van der Waals surface area contributed by atoms with Crippen LogP contribution in [0.15, 0.2) is 41.2 Å². The van der Waals surface area contributed by atoms with Crippen molar-refractivity contribution in [3.05, 3.63) is 58.0 Å². The Labute approximate surface area is 152 Å². The van der Waals surface area contributed by atoms with Crippen LogP contribution in [0.2, 0.25) is 0 Å². The van der Waals surface area contributed by atoms with Crippen LogP contribution in [0.1, 0.15) is 62.1 Å². The molecule has 2 aromatic heterocycles. The third-order valence-corrected chi connectivity index (χ3v) is 5.56. The molecule has 26 heavy (non-hydrogen) atoms. The van der Waals surface area contributed by atoms with E-state index in [0.29, 0.717) is 17.3 Å². The standard InChI is InChI=1S/C21H25N3O2/c1-14(13-25)18-11-20-22-19(12-21(26)24(20)23-18)17-9-7-16(8-10-17)15-5-3-2-4-6-15/h7-12,14-15,23,25H,2-6,13H2,1H3. The van der Waals surface area contributed by atoms with E-state index in [-0.39, 0.29) is 18.1 Å². The third-order valence-electron chi connectivity index (χ3n) is 5.56. The second-order valence-corrected chi connectivity index (χ2v) is 7.43. The molecule has 3 aromatic rings. The highest BCUT2D eigenvalue weighted by molar-refractivity contribution is 5.62. The van der Waals surface area contributed by atoms with Crippen molar-refractivity contribution in [1.82, 2.24) is 14.6 Å². The SMILES string of the molecule is CC(CO)c1cc2nc(-c3ccc(C4CCCCC4)cc3)cc(=O)n2[nH]1. The average molecular weight is 351 g/mol. The Kier molecular flexibility index (Phi) is 4.64. The molecule has 4 rings (SSSR count). The monoisotopic (exact) mass is 351 g/mol. The fourth-order valence-electron chi connectivity index (χ4n) is 3.87. The summed E-state index contributed by atoms with van der Waals surface area (Å²) in [6, 6.07) is 11.9. The van der Waals surface area contributed by atoms with E-state index in [1.54, 1.807) is 6.07 Å². The molecule has 1 aliphatic rings. The Hall–Kier alpha value is -2.40. The first-order chi connectivity index (χ1) is 12.7. The molecule has 2 heterocycles. The van der Waals surface area contributed by atoms with Crippen molar-refractivity contribution in [2.75, 3.05) is 6.61 Å². The minimum Gasteiger partial charge on any atom is -0.396 e. The second-order valence-electron chi connectivity index (χ2n) is 7.43. The van der Waals surface area contributed by atoms with Crippen molar-refractivity contribution in [3.63, 3.8) is 0 Å². The van der Waals surface area contributed by atoms with Gasteiger partial charge in [0.15, 0.2) is 5.65 Å². The molecular weight excluding hydrogens is 326 g/mol. The van der Waals surface area contributed by atoms with E-state index in [1.165, 1.54) is 42.2 Å². The number of nitrogens with one attached hydrogen (secondary N) is 1. The lowest BCUT2D eigenvalue weighted by Crippen LogP contribution is -2.14. The summed E-state index contributed by atoms with van der Waals surface area (Å²) in [6.45, 7) is 1.93. The van der Waals surface area contributed by atoms with E-state index in [2.05, 4.69) is 34.3 Å². The van der Waals surface area contributed by atoms with Gasteiger partial charge in [0.05, 0.1) is 12.3 Å². The highest BCUT2D eigenvalue weighted by Crippen LogP contribution is 2.33. The van der Waals surface area contributed by atoms with Gasteiger partial charge in [0, 0.05) is 29.3 Å². The molecule has 1 fully saturated rings. The number of nitrogens with zero attached hydrogens (tertiary/aromatic N) is 2. The number of H-pyrrole nitrogens is 1. The lowest BCUT2D eigenvalue weighted by molar-refractivity contribution is 0.271. The molecule has 0 spiro atoms. The first-order valence-electron chi connectivity index (χ1n) is 9.49. The van der Waals surface area contributed by atoms with E-state index in [9.17, 15) is 9.90 Å². The van der Waals surface area contributed by atoms with E-state index < -0.39 is 0 Å². The van der Waals surface area contributed by atoms with Crippen LogP contribution < -0.4 is 5.56 Å². The van der Waals surface area contributed by atoms with Gasteiger partial charge < -0.3 is 5.11 Å². The summed E-state index contributed by atoms with van der Waals surface area (Å²) in [5.41, 5.74) is 4.29. The van der Waals surface area contributed by atoms with Gasteiger partial charge in [0.1, 0.15) is 0 Å². The molecule has 0 aliphatic heterocycles. The van der Waals surface area contributed by atoms with Crippen LogP contribution in [0.4, 0.5) is 0 Å². The van der Waals surface area contributed by atoms with Crippen LogP contribution in [-0.2, 0) is 0 Å². The van der Waals surface area contributed by atoms with Gasteiger partial charge in [-0.3, -0.25) is 9.89 Å². The highest BCUT2D eigenvalue weighted by Gasteiger charge is 2.16. The Bertz CT molecular complexity index is 950. The maximum atomic E-state index is 12.4. The van der Waals surface area contributed by atoms with Gasteiger partial charge in [0.2, 0.25) is 0 Å². The van der Waals surface area contributed by atoms with E-state index in [4.69, 9.17) is 0 Å². The van der Waals surface area contributed by atoms with Crippen molar-refractivity contribution in [2.24, 2.45) is 0 Å². The minimum atomic E-state index is -0.141. The van der Waals surface area contributed by atoms with Crippen LogP contribution in [0.3, 0.4) is 0 Å². The van der Waals surface area contributed by atoms with Crippen molar-refractivity contribution in [3.8, 4) is 11.3 Å².